The molecule has 7 heteroatoms. The van der Waals surface area contributed by atoms with E-state index in [2.05, 4.69) is 9.88 Å². The maximum absolute atomic E-state index is 13.0. The van der Waals surface area contributed by atoms with Crippen LogP contribution in [0, 0.1) is 6.92 Å². The zero-order valence-electron chi connectivity index (χ0n) is 19.6. The molecular formula is C26H33N3O4. The minimum Gasteiger partial charge on any atom is -0.508 e. The number of nitrogens with one attached hydrogen (secondary N) is 1. The predicted molar refractivity (Wildman–Crippen MR) is 126 cm³/mol. The van der Waals surface area contributed by atoms with Crippen molar-refractivity contribution in [3.63, 3.8) is 0 Å². The van der Waals surface area contributed by atoms with Gasteiger partial charge in [0.25, 0.3) is 11.5 Å². The molecule has 0 saturated carbocycles. The third-order valence-electron chi connectivity index (χ3n) is 8.59. The number of phenolic OH excluding ortho intramolecular Hbond substituents is 1. The molecule has 2 aliphatic heterocycles. The number of hydrogen-bond donors (Lipinski definition) is 3. The Morgan fingerprint density at radius 1 is 1.15 bits per heavy atom. The van der Waals surface area contributed by atoms with Crippen molar-refractivity contribution in [1.82, 2.24) is 14.8 Å². The van der Waals surface area contributed by atoms with Crippen LogP contribution in [0.15, 0.2) is 29.1 Å². The number of hydrogen-bond acceptors (Lipinski definition) is 5. The van der Waals surface area contributed by atoms with E-state index in [0.29, 0.717) is 32.4 Å². The summed E-state index contributed by atoms with van der Waals surface area (Å²) in [5.74, 6) is -0.0530. The molecule has 3 unspecified atom stereocenters. The number of benzene rings is 1. The van der Waals surface area contributed by atoms with Gasteiger partial charge in [0.05, 0.1) is 5.60 Å². The molecule has 0 bridgehead atoms. The van der Waals surface area contributed by atoms with Gasteiger partial charge in [0.1, 0.15) is 11.3 Å². The van der Waals surface area contributed by atoms with Crippen LogP contribution in [-0.2, 0) is 18.3 Å². The third kappa shape index (κ3) is 3.24. The summed E-state index contributed by atoms with van der Waals surface area (Å²) in [6.45, 7) is 6.20. The molecule has 2 fully saturated rings. The molecule has 5 rings (SSSR count). The Bertz CT molecular complexity index is 1170. The van der Waals surface area contributed by atoms with Crippen LogP contribution in [0.25, 0.3) is 0 Å². The van der Waals surface area contributed by atoms with Crippen LogP contribution >= 0.6 is 0 Å². The number of aliphatic hydroxyl groups is 1. The number of aromatic amines is 1. The molecule has 3 N–H and O–H groups in total. The number of H-pyrrole nitrogens is 1. The standard InChI is InChI=1S/C26H33N3O4/c1-16-6-7-19(30)13-21(16)25-8-11-28(3)17(2)26(25,33)14-18-12-20(23(31)27-22(18)15-25)24(32)29-9-4-5-10-29/h6-7,12-13,17,30,33H,4-5,8-11,14-15H2,1-3H3,(H,27,31). The van der Waals surface area contributed by atoms with Crippen molar-refractivity contribution in [3.8, 4) is 5.75 Å². The number of aromatic nitrogens is 1. The number of likely N-dealkylation sites (tertiary alicyclic amines) is 2. The Hall–Kier alpha value is -2.64. The second-order valence-corrected chi connectivity index (χ2v) is 10.3. The van der Waals surface area contributed by atoms with E-state index < -0.39 is 11.0 Å². The van der Waals surface area contributed by atoms with Crippen molar-refractivity contribution in [2.75, 3.05) is 26.7 Å². The number of phenols is 1. The fraction of sp³-hybridized carbons (Fsp3) is 0.538. The average Bonchev–Trinajstić information content (AvgIpc) is 3.32. The van der Waals surface area contributed by atoms with Crippen LogP contribution in [0.1, 0.15) is 58.9 Å². The Morgan fingerprint density at radius 2 is 1.88 bits per heavy atom. The number of fused-ring (bicyclic) bond motifs is 2. The Kier molecular flexibility index (Phi) is 5.18. The van der Waals surface area contributed by atoms with Gasteiger partial charge in [0, 0.05) is 43.1 Å². The monoisotopic (exact) mass is 451 g/mol. The lowest BCUT2D eigenvalue weighted by Crippen LogP contribution is -2.70. The molecule has 2 aromatic rings. The zero-order valence-corrected chi connectivity index (χ0v) is 19.6. The molecule has 3 heterocycles. The fourth-order valence-electron chi connectivity index (χ4n) is 6.46. The largest absolute Gasteiger partial charge is 0.508 e. The lowest BCUT2D eigenvalue weighted by molar-refractivity contribution is -0.132. The topological polar surface area (TPSA) is 96.9 Å². The Labute approximate surface area is 194 Å². The molecule has 3 atom stereocenters. The normalized spacial score (nSPS) is 29.6. The van der Waals surface area contributed by atoms with Crippen molar-refractivity contribution in [2.24, 2.45) is 0 Å². The van der Waals surface area contributed by atoms with Crippen LogP contribution in [-0.4, -0.2) is 69.2 Å². The number of piperidine rings is 1. The van der Waals surface area contributed by atoms with Gasteiger partial charge in [-0.1, -0.05) is 6.07 Å². The summed E-state index contributed by atoms with van der Waals surface area (Å²) < 4.78 is 0. The molecule has 7 nitrogen and oxygen atoms in total. The number of aromatic hydroxyl groups is 1. The van der Waals surface area contributed by atoms with Crippen molar-refractivity contribution in [3.05, 3.63) is 62.6 Å². The molecule has 3 aliphatic rings. The first-order valence-corrected chi connectivity index (χ1v) is 11.9. The van der Waals surface area contributed by atoms with E-state index in [1.54, 1.807) is 23.1 Å². The minimum absolute atomic E-state index is 0.147. The van der Waals surface area contributed by atoms with E-state index in [1.807, 2.05) is 27.0 Å². The highest BCUT2D eigenvalue weighted by Crippen LogP contribution is 2.53. The number of pyridine rings is 1. The van der Waals surface area contributed by atoms with Gasteiger partial charge in [0.2, 0.25) is 0 Å². The Balaban J connectivity index is 1.66. The van der Waals surface area contributed by atoms with Crippen LogP contribution in [0.3, 0.4) is 0 Å². The maximum Gasteiger partial charge on any atom is 0.261 e. The number of likely N-dealkylation sites (N-methyl/N-ethyl adjacent to an activating group) is 1. The highest BCUT2D eigenvalue weighted by atomic mass is 16.3. The van der Waals surface area contributed by atoms with Gasteiger partial charge < -0.3 is 25.0 Å². The van der Waals surface area contributed by atoms with E-state index in [4.69, 9.17) is 0 Å². The van der Waals surface area contributed by atoms with E-state index in [-0.39, 0.29) is 28.8 Å². The number of aryl methyl sites for hydroxylation is 1. The lowest BCUT2D eigenvalue weighted by Gasteiger charge is -2.59. The summed E-state index contributed by atoms with van der Waals surface area (Å²) in [5.41, 5.74) is 1.56. The van der Waals surface area contributed by atoms with E-state index in [0.717, 1.165) is 41.8 Å². The van der Waals surface area contributed by atoms with E-state index in [1.165, 1.54) is 0 Å². The van der Waals surface area contributed by atoms with Crippen LogP contribution in [0.5, 0.6) is 5.75 Å². The molecular weight excluding hydrogens is 418 g/mol. The summed E-state index contributed by atoms with van der Waals surface area (Å²) in [4.78, 5) is 32.9. The number of amides is 1. The van der Waals surface area contributed by atoms with Gasteiger partial charge in [-0.15, -0.1) is 0 Å². The fourth-order valence-corrected chi connectivity index (χ4v) is 6.46. The highest BCUT2D eigenvalue weighted by molar-refractivity contribution is 5.94. The molecule has 0 radical (unpaired) electrons. The van der Waals surface area contributed by atoms with Crippen LogP contribution in [0.2, 0.25) is 0 Å². The third-order valence-corrected chi connectivity index (χ3v) is 8.59. The molecule has 33 heavy (non-hydrogen) atoms. The van der Waals surface area contributed by atoms with Gasteiger partial charge in [-0.25, -0.2) is 0 Å². The molecule has 1 amide bonds. The van der Waals surface area contributed by atoms with Gasteiger partial charge in [-0.2, -0.15) is 0 Å². The summed E-state index contributed by atoms with van der Waals surface area (Å²) in [6.07, 6.45) is 3.41. The zero-order chi connectivity index (χ0) is 23.5. The van der Waals surface area contributed by atoms with Crippen LogP contribution < -0.4 is 5.56 Å². The number of rotatable bonds is 2. The summed E-state index contributed by atoms with van der Waals surface area (Å²) in [7, 11) is 2.02. The van der Waals surface area contributed by atoms with Crippen molar-refractivity contribution in [1.29, 1.82) is 0 Å². The highest BCUT2D eigenvalue weighted by Gasteiger charge is 2.60. The van der Waals surface area contributed by atoms with Gasteiger partial charge >= 0.3 is 0 Å². The van der Waals surface area contributed by atoms with Gasteiger partial charge in [0.15, 0.2) is 0 Å². The maximum atomic E-state index is 13.0. The average molecular weight is 452 g/mol. The molecule has 2 saturated heterocycles. The second kappa shape index (κ2) is 7.71. The number of carbonyl (C=O) groups is 1. The lowest BCUT2D eigenvalue weighted by atomic mass is 9.53. The van der Waals surface area contributed by atoms with Crippen molar-refractivity contribution >= 4 is 5.91 Å². The first-order valence-electron chi connectivity index (χ1n) is 11.9. The smallest absolute Gasteiger partial charge is 0.261 e. The predicted octanol–water partition coefficient (Wildman–Crippen LogP) is 2.12. The van der Waals surface area contributed by atoms with E-state index in [9.17, 15) is 19.8 Å². The van der Waals surface area contributed by atoms with Gasteiger partial charge in [-0.05, 0) is 81.6 Å². The SMILES string of the molecule is Cc1ccc(O)cc1C12CCN(C)C(C)C1(O)Cc1cc(C(=O)N3CCCC3)c(=O)[nH]c1C2. The number of nitrogens with zero attached hydrogens (tertiary/aromatic N) is 2. The van der Waals surface area contributed by atoms with Crippen molar-refractivity contribution in [2.45, 2.75) is 63.0 Å². The summed E-state index contributed by atoms with van der Waals surface area (Å²) in [5, 5.41) is 22.7. The number of carbonyl (C=O) groups excluding carboxylic acids is 1. The van der Waals surface area contributed by atoms with Crippen molar-refractivity contribution < 1.29 is 15.0 Å². The minimum atomic E-state index is -1.13. The van der Waals surface area contributed by atoms with Gasteiger partial charge in [-0.3, -0.25) is 9.59 Å². The first-order chi connectivity index (χ1) is 15.7. The Morgan fingerprint density at radius 3 is 2.61 bits per heavy atom. The second-order valence-electron chi connectivity index (χ2n) is 10.3. The van der Waals surface area contributed by atoms with Crippen LogP contribution in [0.4, 0.5) is 0 Å². The first kappa shape index (κ1) is 22.2. The molecule has 176 valence electrons. The molecule has 1 aromatic carbocycles. The summed E-state index contributed by atoms with van der Waals surface area (Å²) in [6, 6.07) is 6.90. The van der Waals surface area contributed by atoms with E-state index >= 15 is 0 Å². The molecule has 1 aromatic heterocycles. The summed E-state index contributed by atoms with van der Waals surface area (Å²) >= 11 is 0. The molecule has 1 aliphatic carbocycles. The quantitative estimate of drug-likeness (QED) is 0.650. The molecule has 0 spiro atoms.